The molecule has 2 aromatic rings. The molecule has 110 valence electrons. The lowest BCUT2D eigenvalue weighted by atomic mass is 9.86. The highest BCUT2D eigenvalue weighted by atomic mass is 15.0. The molecule has 0 amide bonds. The van der Waals surface area contributed by atoms with E-state index in [1.165, 1.54) is 29.3 Å². The molecule has 2 atom stereocenters. The Balaban J connectivity index is 2.03. The predicted octanol–water partition coefficient (Wildman–Crippen LogP) is 5.76. The maximum atomic E-state index is 4.94. The van der Waals surface area contributed by atoms with Gasteiger partial charge in [-0.2, -0.15) is 0 Å². The van der Waals surface area contributed by atoms with Gasteiger partial charge in [-0.05, 0) is 29.9 Å². The SMILES string of the molecule is CCCC(C)C(CC)C1=Nc2cccc3cccc(c23)N1. The second-order valence-corrected chi connectivity index (χ2v) is 6.08. The van der Waals surface area contributed by atoms with E-state index in [2.05, 4.69) is 62.5 Å². The first-order valence-corrected chi connectivity index (χ1v) is 8.12. The molecule has 0 radical (unpaired) electrons. The molecular formula is C19H24N2. The minimum absolute atomic E-state index is 0.508. The summed E-state index contributed by atoms with van der Waals surface area (Å²) in [5.41, 5.74) is 2.31. The number of amidine groups is 1. The fourth-order valence-corrected chi connectivity index (χ4v) is 3.51. The molecule has 0 spiro atoms. The van der Waals surface area contributed by atoms with Crippen molar-refractivity contribution < 1.29 is 0 Å². The van der Waals surface area contributed by atoms with Crippen LogP contribution in [0.4, 0.5) is 11.4 Å². The summed E-state index contributed by atoms with van der Waals surface area (Å²) in [4.78, 5) is 4.94. The number of aliphatic imine (C=N–C) groups is 1. The third-order valence-electron chi connectivity index (χ3n) is 4.61. The maximum Gasteiger partial charge on any atom is 0.110 e. The van der Waals surface area contributed by atoms with E-state index in [-0.39, 0.29) is 0 Å². The second-order valence-electron chi connectivity index (χ2n) is 6.08. The van der Waals surface area contributed by atoms with Crippen molar-refractivity contribution >= 4 is 28.0 Å². The van der Waals surface area contributed by atoms with Crippen molar-refractivity contribution in [3.05, 3.63) is 36.4 Å². The van der Waals surface area contributed by atoms with Gasteiger partial charge in [0, 0.05) is 17.0 Å². The van der Waals surface area contributed by atoms with Crippen LogP contribution in [0.25, 0.3) is 10.8 Å². The Labute approximate surface area is 127 Å². The third-order valence-corrected chi connectivity index (χ3v) is 4.61. The normalized spacial score (nSPS) is 16.2. The van der Waals surface area contributed by atoms with Crippen LogP contribution in [-0.2, 0) is 0 Å². The average molecular weight is 280 g/mol. The van der Waals surface area contributed by atoms with Crippen molar-refractivity contribution in [3.63, 3.8) is 0 Å². The Hall–Kier alpha value is -1.83. The highest BCUT2D eigenvalue weighted by Crippen LogP contribution is 2.37. The topological polar surface area (TPSA) is 24.4 Å². The van der Waals surface area contributed by atoms with Crippen LogP contribution >= 0.6 is 0 Å². The summed E-state index contributed by atoms with van der Waals surface area (Å²) in [6.07, 6.45) is 3.62. The Morgan fingerprint density at radius 1 is 1.10 bits per heavy atom. The van der Waals surface area contributed by atoms with Crippen molar-refractivity contribution in [2.45, 2.75) is 40.0 Å². The monoisotopic (exact) mass is 280 g/mol. The number of nitrogens with one attached hydrogen (secondary N) is 1. The lowest BCUT2D eigenvalue weighted by Crippen LogP contribution is -2.29. The lowest BCUT2D eigenvalue weighted by Gasteiger charge is -2.28. The van der Waals surface area contributed by atoms with Crippen molar-refractivity contribution in [2.75, 3.05) is 5.32 Å². The summed E-state index contributed by atoms with van der Waals surface area (Å²) in [5, 5.41) is 6.11. The number of hydrogen-bond acceptors (Lipinski definition) is 2. The Bertz CT molecular complexity index is 667. The molecular weight excluding hydrogens is 256 g/mol. The number of hydrogen-bond donors (Lipinski definition) is 1. The molecule has 0 saturated carbocycles. The van der Waals surface area contributed by atoms with Gasteiger partial charge in [0.1, 0.15) is 5.84 Å². The average Bonchev–Trinajstić information content (AvgIpc) is 2.49. The minimum atomic E-state index is 0.508. The number of anilines is 1. The van der Waals surface area contributed by atoms with Gasteiger partial charge in [0.2, 0.25) is 0 Å². The summed E-state index contributed by atoms with van der Waals surface area (Å²) >= 11 is 0. The minimum Gasteiger partial charge on any atom is -0.343 e. The molecule has 0 bridgehead atoms. The largest absolute Gasteiger partial charge is 0.343 e. The maximum absolute atomic E-state index is 4.94. The van der Waals surface area contributed by atoms with Crippen LogP contribution in [0.15, 0.2) is 41.4 Å². The van der Waals surface area contributed by atoms with Gasteiger partial charge in [-0.15, -0.1) is 0 Å². The van der Waals surface area contributed by atoms with Gasteiger partial charge in [0.15, 0.2) is 0 Å². The summed E-state index contributed by atoms with van der Waals surface area (Å²) in [6.45, 7) is 6.88. The zero-order valence-electron chi connectivity index (χ0n) is 13.2. The van der Waals surface area contributed by atoms with E-state index in [0.717, 1.165) is 17.9 Å². The standard InChI is InChI=1S/C19H24N2/c1-4-8-13(3)15(5-2)19-20-16-11-6-9-14-10-7-12-17(21-19)18(14)16/h6-7,9-13,15H,4-5,8H2,1-3H3,(H,20,21). The molecule has 1 heterocycles. The molecule has 2 aromatic carbocycles. The van der Waals surface area contributed by atoms with Crippen LogP contribution in [-0.4, -0.2) is 5.84 Å². The van der Waals surface area contributed by atoms with E-state index >= 15 is 0 Å². The fraction of sp³-hybridized carbons (Fsp3) is 0.421. The van der Waals surface area contributed by atoms with Crippen LogP contribution in [0.3, 0.4) is 0 Å². The Kier molecular flexibility index (Phi) is 3.96. The second kappa shape index (κ2) is 5.88. The quantitative estimate of drug-likeness (QED) is 0.740. The van der Waals surface area contributed by atoms with E-state index in [1.54, 1.807) is 0 Å². The van der Waals surface area contributed by atoms with E-state index < -0.39 is 0 Å². The number of benzene rings is 2. The van der Waals surface area contributed by atoms with Gasteiger partial charge in [-0.1, -0.05) is 57.9 Å². The predicted molar refractivity (Wildman–Crippen MR) is 92.5 cm³/mol. The van der Waals surface area contributed by atoms with Crippen LogP contribution in [0.2, 0.25) is 0 Å². The van der Waals surface area contributed by atoms with E-state index in [1.807, 2.05) is 0 Å². The zero-order valence-corrected chi connectivity index (χ0v) is 13.2. The first-order chi connectivity index (χ1) is 10.2. The van der Waals surface area contributed by atoms with E-state index in [4.69, 9.17) is 4.99 Å². The Morgan fingerprint density at radius 3 is 2.57 bits per heavy atom. The molecule has 0 aliphatic carbocycles. The highest BCUT2D eigenvalue weighted by molar-refractivity contribution is 6.14. The first kappa shape index (κ1) is 14.1. The molecule has 3 rings (SSSR count). The molecule has 2 unspecified atom stereocenters. The van der Waals surface area contributed by atoms with Gasteiger partial charge < -0.3 is 5.32 Å². The van der Waals surface area contributed by atoms with Gasteiger partial charge in [-0.25, -0.2) is 4.99 Å². The molecule has 1 aliphatic heterocycles. The van der Waals surface area contributed by atoms with E-state index in [9.17, 15) is 0 Å². The zero-order chi connectivity index (χ0) is 14.8. The highest BCUT2D eigenvalue weighted by Gasteiger charge is 2.24. The molecule has 0 saturated heterocycles. The lowest BCUT2D eigenvalue weighted by molar-refractivity contribution is 0.409. The molecule has 2 nitrogen and oxygen atoms in total. The molecule has 1 N–H and O–H groups in total. The van der Waals surface area contributed by atoms with Crippen LogP contribution < -0.4 is 5.32 Å². The molecule has 21 heavy (non-hydrogen) atoms. The summed E-state index contributed by atoms with van der Waals surface area (Å²) < 4.78 is 0. The molecule has 2 heteroatoms. The van der Waals surface area contributed by atoms with Crippen LogP contribution in [0.5, 0.6) is 0 Å². The van der Waals surface area contributed by atoms with Crippen LogP contribution in [0, 0.1) is 11.8 Å². The summed E-state index contributed by atoms with van der Waals surface area (Å²) in [7, 11) is 0. The first-order valence-electron chi connectivity index (χ1n) is 8.12. The Morgan fingerprint density at radius 2 is 1.86 bits per heavy atom. The van der Waals surface area contributed by atoms with E-state index in [0.29, 0.717) is 11.8 Å². The third kappa shape index (κ3) is 2.55. The van der Waals surface area contributed by atoms with Crippen molar-refractivity contribution in [2.24, 2.45) is 16.8 Å². The van der Waals surface area contributed by atoms with Gasteiger partial charge in [-0.3, -0.25) is 0 Å². The number of nitrogens with zero attached hydrogens (tertiary/aromatic N) is 1. The van der Waals surface area contributed by atoms with Crippen molar-refractivity contribution in [3.8, 4) is 0 Å². The summed E-state index contributed by atoms with van der Waals surface area (Å²) in [5.74, 6) is 2.31. The fourth-order valence-electron chi connectivity index (χ4n) is 3.51. The van der Waals surface area contributed by atoms with Crippen LogP contribution in [0.1, 0.15) is 40.0 Å². The van der Waals surface area contributed by atoms with Gasteiger partial charge in [0.25, 0.3) is 0 Å². The molecule has 0 fully saturated rings. The molecule has 1 aliphatic rings. The van der Waals surface area contributed by atoms with Crippen molar-refractivity contribution in [1.82, 2.24) is 0 Å². The van der Waals surface area contributed by atoms with Gasteiger partial charge >= 0.3 is 0 Å². The van der Waals surface area contributed by atoms with Gasteiger partial charge in [0.05, 0.1) is 5.69 Å². The summed E-state index contributed by atoms with van der Waals surface area (Å²) in [6, 6.07) is 12.8. The molecule has 0 aromatic heterocycles. The van der Waals surface area contributed by atoms with Crippen molar-refractivity contribution in [1.29, 1.82) is 0 Å². The number of rotatable bonds is 5. The smallest absolute Gasteiger partial charge is 0.110 e.